The zero-order valence-electron chi connectivity index (χ0n) is 9.20. The number of rotatable bonds is 1. The summed E-state index contributed by atoms with van der Waals surface area (Å²) in [6.07, 6.45) is 5.32. The summed E-state index contributed by atoms with van der Waals surface area (Å²) < 4.78 is 0. The van der Waals surface area contributed by atoms with Crippen LogP contribution in [0, 0.1) is 24.2 Å². The summed E-state index contributed by atoms with van der Waals surface area (Å²) in [6.45, 7) is 2.99. The van der Waals surface area contributed by atoms with Crippen molar-refractivity contribution in [2.75, 3.05) is 6.54 Å². The average Bonchev–Trinajstić information content (AvgIpc) is 2.54. The van der Waals surface area contributed by atoms with Crippen LogP contribution in [-0.2, 0) is 0 Å². The van der Waals surface area contributed by atoms with Gasteiger partial charge in [-0.05, 0) is 36.5 Å². The first-order chi connectivity index (χ1) is 7.79. The first-order valence-electron chi connectivity index (χ1n) is 5.60. The van der Waals surface area contributed by atoms with E-state index in [1.165, 1.54) is 5.57 Å². The smallest absolute Gasteiger partial charge is 0.101 e. The average molecular weight is 211 g/mol. The summed E-state index contributed by atoms with van der Waals surface area (Å²) in [7, 11) is 0. The number of nitrogens with one attached hydrogen (secondary N) is 1. The summed E-state index contributed by atoms with van der Waals surface area (Å²) in [5.41, 5.74) is 3.91. The van der Waals surface area contributed by atoms with E-state index >= 15 is 0 Å². The third kappa shape index (κ3) is 1.27. The Kier molecular flexibility index (Phi) is 2.05. The number of aromatic nitrogens is 1. The summed E-state index contributed by atoms with van der Waals surface area (Å²) in [6, 6.07) is 4.64. The number of nitriles is 1. The molecule has 1 N–H and O–H groups in total. The SMILES string of the molecule is Cc1ncc(C2=CC[C@@H]3CN[C@H]23)cc1C#N. The molecule has 3 heteroatoms. The van der Waals surface area contributed by atoms with E-state index in [0.29, 0.717) is 11.6 Å². The molecule has 2 atom stereocenters. The summed E-state index contributed by atoms with van der Waals surface area (Å²) in [4.78, 5) is 4.29. The molecule has 1 aromatic heterocycles. The number of hydrogen-bond donors (Lipinski definition) is 1. The molecule has 0 saturated carbocycles. The fourth-order valence-corrected chi connectivity index (χ4v) is 2.49. The van der Waals surface area contributed by atoms with Crippen molar-refractivity contribution in [3.63, 3.8) is 0 Å². The molecule has 0 spiro atoms. The Morgan fingerprint density at radius 2 is 2.44 bits per heavy atom. The van der Waals surface area contributed by atoms with Gasteiger partial charge in [0.2, 0.25) is 0 Å². The number of pyridine rings is 1. The quantitative estimate of drug-likeness (QED) is 0.768. The van der Waals surface area contributed by atoms with Crippen molar-refractivity contribution < 1.29 is 0 Å². The second-order valence-corrected chi connectivity index (χ2v) is 4.51. The van der Waals surface area contributed by atoms with Crippen LogP contribution in [0.3, 0.4) is 0 Å². The highest BCUT2D eigenvalue weighted by atomic mass is 15.0. The van der Waals surface area contributed by atoms with E-state index in [-0.39, 0.29) is 0 Å². The maximum absolute atomic E-state index is 8.99. The molecular weight excluding hydrogens is 198 g/mol. The number of allylic oxidation sites excluding steroid dienone is 1. The molecule has 0 aromatic carbocycles. The van der Waals surface area contributed by atoms with Crippen molar-refractivity contribution in [1.29, 1.82) is 5.26 Å². The zero-order chi connectivity index (χ0) is 11.1. The second kappa shape index (κ2) is 3.43. The van der Waals surface area contributed by atoms with E-state index in [4.69, 9.17) is 5.26 Å². The molecule has 3 nitrogen and oxygen atoms in total. The first-order valence-corrected chi connectivity index (χ1v) is 5.60. The van der Waals surface area contributed by atoms with E-state index in [0.717, 1.165) is 30.1 Å². The fourth-order valence-electron chi connectivity index (χ4n) is 2.49. The number of hydrogen-bond acceptors (Lipinski definition) is 3. The van der Waals surface area contributed by atoms with Crippen LogP contribution in [-0.4, -0.2) is 17.6 Å². The van der Waals surface area contributed by atoms with Gasteiger partial charge in [-0.1, -0.05) is 6.08 Å². The molecule has 0 unspecified atom stereocenters. The highest BCUT2D eigenvalue weighted by molar-refractivity contribution is 5.73. The van der Waals surface area contributed by atoms with E-state index in [2.05, 4.69) is 22.4 Å². The molecule has 2 heterocycles. The molecule has 2 aliphatic rings. The molecule has 1 fully saturated rings. The van der Waals surface area contributed by atoms with Gasteiger partial charge in [0.1, 0.15) is 6.07 Å². The first kappa shape index (κ1) is 9.56. The highest BCUT2D eigenvalue weighted by Crippen LogP contribution is 2.37. The Hall–Kier alpha value is -1.66. The molecule has 80 valence electrons. The van der Waals surface area contributed by atoms with Gasteiger partial charge in [0.05, 0.1) is 11.3 Å². The van der Waals surface area contributed by atoms with E-state index in [1.54, 1.807) is 0 Å². The van der Waals surface area contributed by atoms with Crippen LogP contribution in [0.5, 0.6) is 0 Å². The molecule has 1 aliphatic carbocycles. The topological polar surface area (TPSA) is 48.7 Å². The molecule has 1 aliphatic heterocycles. The monoisotopic (exact) mass is 211 g/mol. The van der Waals surface area contributed by atoms with E-state index in [1.807, 2.05) is 19.2 Å². The van der Waals surface area contributed by atoms with Gasteiger partial charge < -0.3 is 5.32 Å². The minimum absolute atomic E-state index is 0.496. The van der Waals surface area contributed by atoms with Gasteiger partial charge in [0.15, 0.2) is 0 Å². The van der Waals surface area contributed by atoms with Gasteiger partial charge in [0, 0.05) is 18.8 Å². The lowest BCUT2D eigenvalue weighted by Crippen LogP contribution is -2.50. The Morgan fingerprint density at radius 1 is 1.56 bits per heavy atom. The molecule has 0 amide bonds. The van der Waals surface area contributed by atoms with Crippen LogP contribution in [0.25, 0.3) is 5.57 Å². The molecule has 1 aromatic rings. The molecule has 3 rings (SSSR count). The van der Waals surface area contributed by atoms with E-state index in [9.17, 15) is 0 Å². The molecule has 16 heavy (non-hydrogen) atoms. The standard InChI is InChI=1S/C13H13N3/c1-8-10(5-14)4-11(7-15-8)12-3-2-9-6-16-13(9)12/h3-4,7,9,13,16H,2,6H2,1H3/t9-,13+/m1/s1. The molecular formula is C13H13N3. The minimum Gasteiger partial charge on any atom is -0.309 e. The van der Waals surface area contributed by atoms with Crippen molar-refractivity contribution in [1.82, 2.24) is 10.3 Å². The highest BCUT2D eigenvalue weighted by Gasteiger charge is 2.37. The normalized spacial score (nSPS) is 26.6. The van der Waals surface area contributed by atoms with Gasteiger partial charge in [-0.25, -0.2) is 0 Å². The number of aryl methyl sites for hydroxylation is 1. The number of nitrogens with zero attached hydrogens (tertiary/aromatic N) is 2. The van der Waals surface area contributed by atoms with Gasteiger partial charge in [-0.15, -0.1) is 0 Å². The van der Waals surface area contributed by atoms with Crippen LogP contribution in [0.4, 0.5) is 0 Å². The van der Waals surface area contributed by atoms with Gasteiger partial charge in [-0.2, -0.15) is 5.26 Å². The van der Waals surface area contributed by atoms with Gasteiger partial charge in [0.25, 0.3) is 0 Å². The summed E-state index contributed by atoms with van der Waals surface area (Å²) >= 11 is 0. The summed E-state index contributed by atoms with van der Waals surface area (Å²) in [5, 5.41) is 12.4. The van der Waals surface area contributed by atoms with Crippen molar-refractivity contribution >= 4 is 5.57 Å². The lowest BCUT2D eigenvalue weighted by molar-refractivity contribution is 0.307. The van der Waals surface area contributed by atoms with Gasteiger partial charge >= 0.3 is 0 Å². The molecule has 1 saturated heterocycles. The third-order valence-electron chi connectivity index (χ3n) is 3.59. The van der Waals surface area contributed by atoms with Crippen LogP contribution >= 0.6 is 0 Å². The Bertz CT molecular complexity index is 510. The lowest BCUT2D eigenvalue weighted by atomic mass is 9.88. The van der Waals surface area contributed by atoms with Crippen LogP contribution in [0.1, 0.15) is 23.2 Å². The van der Waals surface area contributed by atoms with Crippen molar-refractivity contribution in [3.8, 4) is 6.07 Å². The van der Waals surface area contributed by atoms with Crippen LogP contribution in [0.15, 0.2) is 18.3 Å². The van der Waals surface area contributed by atoms with Crippen molar-refractivity contribution in [2.45, 2.75) is 19.4 Å². The van der Waals surface area contributed by atoms with Crippen molar-refractivity contribution in [3.05, 3.63) is 35.2 Å². The maximum Gasteiger partial charge on any atom is 0.101 e. The lowest BCUT2D eigenvalue weighted by Gasteiger charge is -2.34. The Labute approximate surface area is 94.8 Å². The van der Waals surface area contributed by atoms with Crippen LogP contribution < -0.4 is 5.32 Å². The maximum atomic E-state index is 8.99. The minimum atomic E-state index is 0.496. The largest absolute Gasteiger partial charge is 0.309 e. The Morgan fingerprint density at radius 3 is 3.06 bits per heavy atom. The second-order valence-electron chi connectivity index (χ2n) is 4.51. The number of fused-ring (bicyclic) bond motifs is 1. The predicted molar refractivity (Wildman–Crippen MR) is 61.6 cm³/mol. The molecule has 0 bridgehead atoms. The summed E-state index contributed by atoms with van der Waals surface area (Å²) in [5.74, 6) is 0.766. The molecule has 0 radical (unpaired) electrons. The van der Waals surface area contributed by atoms with Crippen LogP contribution in [0.2, 0.25) is 0 Å². The zero-order valence-corrected chi connectivity index (χ0v) is 9.20. The third-order valence-corrected chi connectivity index (χ3v) is 3.59. The van der Waals surface area contributed by atoms with E-state index < -0.39 is 0 Å². The van der Waals surface area contributed by atoms with Gasteiger partial charge in [-0.3, -0.25) is 4.98 Å². The fraction of sp³-hybridized carbons (Fsp3) is 0.385. The Balaban J connectivity index is 1.99. The van der Waals surface area contributed by atoms with Crippen molar-refractivity contribution in [2.24, 2.45) is 5.92 Å². The predicted octanol–water partition coefficient (Wildman–Crippen LogP) is 1.64.